The Morgan fingerprint density at radius 2 is 2.21 bits per heavy atom. The summed E-state index contributed by atoms with van der Waals surface area (Å²) in [5, 5.41) is 10.4. The van der Waals surface area contributed by atoms with Gasteiger partial charge in [0.05, 0.1) is 24.9 Å². The van der Waals surface area contributed by atoms with Crippen LogP contribution >= 0.6 is 11.6 Å². The third kappa shape index (κ3) is 1.31. The first-order valence-electron chi connectivity index (χ1n) is 3.26. The molecule has 66 valence electrons. The van der Waals surface area contributed by atoms with E-state index in [1.165, 1.54) is 0 Å². The van der Waals surface area contributed by atoms with Crippen LogP contribution in [0.1, 0.15) is 0 Å². The van der Waals surface area contributed by atoms with Gasteiger partial charge in [0.1, 0.15) is 5.03 Å². The number of rotatable bonds is 0. The molecular weight excluding hydrogens is 204 g/mol. The number of hydrogen-bond donors (Lipinski definition) is 1. The van der Waals surface area contributed by atoms with Crippen LogP contribution in [0.15, 0.2) is 22.1 Å². The van der Waals surface area contributed by atoms with Crippen LogP contribution in [0.3, 0.4) is 0 Å². The van der Waals surface area contributed by atoms with Crippen molar-refractivity contribution >= 4 is 17.5 Å². The summed E-state index contributed by atoms with van der Waals surface area (Å²) < 4.78 is 0. The minimum atomic E-state index is -0.663. The van der Waals surface area contributed by atoms with E-state index in [4.69, 9.17) is 30.0 Å². The predicted octanol–water partition coefficient (Wildman–Crippen LogP) is 1.14. The third-order valence-electron chi connectivity index (χ3n) is 1.45. The molecule has 0 radical (unpaired) electrons. The number of carbonyl (C=O) groups excluding carboxylic acids is 1. The first kappa shape index (κ1) is 9.80. The maximum absolute atomic E-state index is 11.0. The molecule has 5 nitrogen and oxygen atoms in total. The lowest BCUT2D eigenvalue weighted by molar-refractivity contribution is -0.115. The Kier molecular flexibility index (Phi) is 2.53. The molecule has 1 rings (SSSR count). The van der Waals surface area contributed by atoms with E-state index in [2.05, 4.69) is 15.0 Å². The number of amides is 1. The lowest BCUT2D eigenvalue weighted by atomic mass is 10.3. The zero-order valence-electron chi connectivity index (χ0n) is 6.63. The molecule has 0 atom stereocenters. The van der Waals surface area contributed by atoms with E-state index in [9.17, 15) is 4.79 Å². The molecule has 0 unspecified atom stereocenters. The average Bonchev–Trinajstić information content (AvgIpc) is 2.45. The molecule has 0 saturated heterocycles. The van der Waals surface area contributed by atoms with Crippen molar-refractivity contribution in [2.45, 2.75) is 0 Å². The second-order valence-electron chi connectivity index (χ2n) is 2.18. The fourth-order valence-electron chi connectivity index (χ4n) is 0.858. The number of carbonyl (C=O) groups is 1. The Hall–Kier alpha value is -2.29. The fraction of sp³-hybridized carbons (Fsp3) is 0. The number of nitrogens with zero attached hydrogens (tertiary/aromatic N) is 3. The molecule has 0 aromatic heterocycles. The van der Waals surface area contributed by atoms with Gasteiger partial charge in [-0.15, -0.1) is 0 Å². The van der Waals surface area contributed by atoms with Gasteiger partial charge in [-0.05, 0) is 0 Å². The molecule has 6 heteroatoms. The van der Waals surface area contributed by atoms with Crippen LogP contribution in [-0.4, -0.2) is 5.91 Å². The molecule has 1 N–H and O–H groups in total. The van der Waals surface area contributed by atoms with Crippen LogP contribution in [0.25, 0.3) is 9.69 Å². The molecule has 0 aromatic carbocycles. The Balaban J connectivity index is 3.44. The van der Waals surface area contributed by atoms with Crippen molar-refractivity contribution in [3.63, 3.8) is 0 Å². The molecule has 0 saturated carbocycles. The number of nitriles is 1. The van der Waals surface area contributed by atoms with Crippen LogP contribution in [0, 0.1) is 24.5 Å². The summed E-state index contributed by atoms with van der Waals surface area (Å²) in [6, 6.07) is 1.57. The second-order valence-corrected chi connectivity index (χ2v) is 2.55. The van der Waals surface area contributed by atoms with E-state index < -0.39 is 5.91 Å². The van der Waals surface area contributed by atoms with Crippen molar-refractivity contribution < 1.29 is 4.79 Å². The molecule has 0 bridgehead atoms. The van der Waals surface area contributed by atoms with E-state index in [0.29, 0.717) is 0 Å². The van der Waals surface area contributed by atoms with Crippen LogP contribution in [0.5, 0.6) is 0 Å². The van der Waals surface area contributed by atoms with E-state index in [1.54, 1.807) is 6.07 Å². The van der Waals surface area contributed by atoms with Gasteiger partial charge >= 0.3 is 0 Å². The number of halogens is 1. The Labute approximate surface area is 84.5 Å². The zero-order valence-corrected chi connectivity index (χ0v) is 7.38. The highest BCUT2D eigenvalue weighted by atomic mass is 35.5. The van der Waals surface area contributed by atoms with Crippen molar-refractivity contribution in [1.29, 1.82) is 5.26 Å². The first-order chi connectivity index (χ1) is 6.65. The van der Waals surface area contributed by atoms with Crippen molar-refractivity contribution in [1.82, 2.24) is 5.32 Å². The highest BCUT2D eigenvalue weighted by molar-refractivity contribution is 6.44. The van der Waals surface area contributed by atoms with Crippen LogP contribution in [0.2, 0.25) is 0 Å². The van der Waals surface area contributed by atoms with Gasteiger partial charge in [0, 0.05) is 0 Å². The molecule has 1 aliphatic rings. The maximum Gasteiger partial charge on any atom is 0.274 e. The van der Waals surface area contributed by atoms with Gasteiger partial charge in [-0.25, -0.2) is 15.0 Å². The Morgan fingerprint density at radius 1 is 1.57 bits per heavy atom. The molecule has 0 spiro atoms. The molecular formula is C8HClN4O. The average molecular weight is 205 g/mol. The van der Waals surface area contributed by atoms with Crippen molar-refractivity contribution in [2.24, 2.45) is 0 Å². The van der Waals surface area contributed by atoms with Crippen LogP contribution in [-0.2, 0) is 4.79 Å². The van der Waals surface area contributed by atoms with Crippen molar-refractivity contribution in [3.05, 3.63) is 45.0 Å². The quantitative estimate of drug-likeness (QED) is 0.475. The summed E-state index contributed by atoms with van der Waals surface area (Å²) >= 11 is 5.49. The van der Waals surface area contributed by atoms with Gasteiger partial charge in [0.25, 0.3) is 11.6 Å². The predicted molar refractivity (Wildman–Crippen MR) is 46.9 cm³/mol. The molecule has 0 aromatic rings. The first-order valence-corrected chi connectivity index (χ1v) is 3.64. The topological polar surface area (TPSA) is 61.6 Å². The van der Waals surface area contributed by atoms with Crippen LogP contribution in [0.4, 0.5) is 0 Å². The number of hydrogen-bond acceptors (Lipinski definition) is 2. The molecule has 1 amide bonds. The largest absolute Gasteiger partial charge is 0.341 e. The van der Waals surface area contributed by atoms with Crippen molar-refractivity contribution in [3.8, 4) is 6.07 Å². The Bertz CT molecular complexity index is 479. The summed E-state index contributed by atoms with van der Waals surface area (Å²) in [6.07, 6.45) is 0. The summed E-state index contributed by atoms with van der Waals surface area (Å²) in [6.45, 7) is 13.4. The van der Waals surface area contributed by atoms with Gasteiger partial charge in [0.15, 0.2) is 0 Å². The molecule has 1 heterocycles. The van der Waals surface area contributed by atoms with Crippen LogP contribution < -0.4 is 5.32 Å². The summed E-state index contributed by atoms with van der Waals surface area (Å²) in [4.78, 5) is 16.9. The smallest absolute Gasteiger partial charge is 0.274 e. The van der Waals surface area contributed by atoms with E-state index in [-0.39, 0.29) is 22.1 Å². The zero-order chi connectivity index (χ0) is 10.7. The monoisotopic (exact) mass is 204 g/mol. The van der Waals surface area contributed by atoms with Gasteiger partial charge in [-0.2, -0.15) is 0 Å². The molecule has 0 aliphatic carbocycles. The van der Waals surface area contributed by atoms with E-state index >= 15 is 0 Å². The van der Waals surface area contributed by atoms with E-state index in [1.807, 2.05) is 0 Å². The van der Waals surface area contributed by atoms with E-state index in [0.717, 1.165) is 0 Å². The normalized spacial score (nSPS) is 18.0. The van der Waals surface area contributed by atoms with Gasteiger partial charge in [-0.1, -0.05) is 11.6 Å². The standard InChI is InChI=1S/C8HClN4O/c1-11-4(3-10)6-7(12-2)5(9)8(14)13-6/h(H,13,14)/b6-4+. The number of nitrogens with one attached hydrogen (secondary N) is 1. The summed E-state index contributed by atoms with van der Waals surface area (Å²) in [5.74, 6) is -0.663. The second kappa shape index (κ2) is 3.62. The highest BCUT2D eigenvalue weighted by Crippen LogP contribution is 2.27. The summed E-state index contributed by atoms with van der Waals surface area (Å²) in [7, 11) is 0. The molecule has 0 fully saturated rings. The molecule has 14 heavy (non-hydrogen) atoms. The van der Waals surface area contributed by atoms with Crippen molar-refractivity contribution in [2.75, 3.05) is 0 Å². The molecule has 1 aliphatic heterocycles. The lowest BCUT2D eigenvalue weighted by Crippen LogP contribution is -2.15. The van der Waals surface area contributed by atoms with Gasteiger partial charge in [-0.3, -0.25) is 4.79 Å². The fourth-order valence-corrected chi connectivity index (χ4v) is 1.04. The minimum absolute atomic E-state index is 0.104. The third-order valence-corrected chi connectivity index (χ3v) is 1.80. The SMILES string of the molecule is [C-]#[N+]C1=C(Cl)C(=O)N/C1=C(\C#N)[N+]#[C-]. The minimum Gasteiger partial charge on any atom is -0.341 e. The summed E-state index contributed by atoms with van der Waals surface area (Å²) in [5.41, 5.74) is -0.628. The van der Waals surface area contributed by atoms with Gasteiger partial charge < -0.3 is 5.32 Å². The lowest BCUT2D eigenvalue weighted by Gasteiger charge is -1.96. The maximum atomic E-state index is 11.0. The van der Waals surface area contributed by atoms with Gasteiger partial charge in [0.2, 0.25) is 5.70 Å². The number of allylic oxidation sites excluding steroid dienone is 1. The Morgan fingerprint density at radius 3 is 2.64 bits per heavy atom. The highest BCUT2D eigenvalue weighted by Gasteiger charge is 2.28.